The molecular formula is C19H24N4OS. The van der Waals surface area contributed by atoms with Crippen LogP contribution in [0.1, 0.15) is 44.5 Å². The van der Waals surface area contributed by atoms with Crippen LogP contribution >= 0.6 is 11.3 Å². The number of hydrogen-bond acceptors (Lipinski definition) is 6. The molecule has 0 radical (unpaired) electrons. The number of aromatic nitrogens is 3. The van der Waals surface area contributed by atoms with Gasteiger partial charge in [0.25, 0.3) is 0 Å². The van der Waals surface area contributed by atoms with Crippen molar-refractivity contribution < 1.29 is 4.74 Å². The Labute approximate surface area is 152 Å². The molecule has 0 N–H and O–H groups in total. The predicted octanol–water partition coefficient (Wildman–Crippen LogP) is 4.25. The van der Waals surface area contributed by atoms with Crippen LogP contribution in [0.25, 0.3) is 20.4 Å². The van der Waals surface area contributed by atoms with Crippen molar-refractivity contribution in [3.05, 3.63) is 23.1 Å². The van der Waals surface area contributed by atoms with Gasteiger partial charge >= 0.3 is 0 Å². The van der Waals surface area contributed by atoms with Crippen molar-refractivity contribution in [3.8, 4) is 0 Å². The summed E-state index contributed by atoms with van der Waals surface area (Å²) in [7, 11) is 0. The number of nitrogens with zero attached hydrogens (tertiary/aromatic N) is 4. The Morgan fingerprint density at radius 3 is 2.68 bits per heavy atom. The second-order valence-electron chi connectivity index (χ2n) is 7.21. The van der Waals surface area contributed by atoms with Gasteiger partial charge in [-0.2, -0.15) is 0 Å². The van der Waals surface area contributed by atoms with Crippen molar-refractivity contribution in [2.45, 2.75) is 53.2 Å². The Balaban J connectivity index is 2.06. The van der Waals surface area contributed by atoms with Gasteiger partial charge in [-0.1, -0.05) is 0 Å². The molecule has 1 aliphatic heterocycles. The summed E-state index contributed by atoms with van der Waals surface area (Å²) in [5.74, 6) is 1.02. The predicted molar refractivity (Wildman–Crippen MR) is 104 cm³/mol. The summed E-state index contributed by atoms with van der Waals surface area (Å²) in [6.45, 7) is 13.2. The molecule has 4 heterocycles. The third-order valence-corrected chi connectivity index (χ3v) is 6.15. The molecule has 0 amide bonds. The van der Waals surface area contributed by atoms with Crippen LogP contribution in [0.5, 0.6) is 0 Å². The highest BCUT2D eigenvalue weighted by Crippen LogP contribution is 2.42. The van der Waals surface area contributed by atoms with Gasteiger partial charge in [-0.3, -0.25) is 0 Å². The zero-order chi connectivity index (χ0) is 17.8. The van der Waals surface area contributed by atoms with E-state index in [9.17, 15) is 0 Å². The summed E-state index contributed by atoms with van der Waals surface area (Å²) < 4.78 is 7.17. The van der Waals surface area contributed by atoms with Crippen molar-refractivity contribution >= 4 is 37.6 Å². The van der Waals surface area contributed by atoms with Crippen LogP contribution in [-0.2, 0) is 17.8 Å². The van der Waals surface area contributed by atoms with E-state index in [0.29, 0.717) is 6.61 Å². The van der Waals surface area contributed by atoms with E-state index in [4.69, 9.17) is 9.72 Å². The molecule has 0 saturated carbocycles. The topological polar surface area (TPSA) is 51.1 Å². The maximum atomic E-state index is 6.03. The van der Waals surface area contributed by atoms with E-state index in [1.54, 1.807) is 17.7 Å². The average molecular weight is 356 g/mol. The fraction of sp³-hybridized carbons (Fsp3) is 0.526. The van der Waals surface area contributed by atoms with Crippen molar-refractivity contribution in [2.75, 3.05) is 18.0 Å². The number of aryl methyl sites for hydroxylation is 1. The number of anilines is 1. The Hall–Kier alpha value is -1.79. The van der Waals surface area contributed by atoms with Crippen molar-refractivity contribution in [1.82, 2.24) is 15.0 Å². The first-order chi connectivity index (χ1) is 11.9. The zero-order valence-corrected chi connectivity index (χ0v) is 16.3. The minimum atomic E-state index is -0.156. The zero-order valence-electron chi connectivity index (χ0n) is 15.5. The fourth-order valence-electron chi connectivity index (χ4n) is 3.70. The number of pyridine rings is 1. The van der Waals surface area contributed by atoms with Gasteiger partial charge in [-0.05, 0) is 40.2 Å². The fourth-order valence-corrected chi connectivity index (χ4v) is 4.93. The van der Waals surface area contributed by atoms with E-state index in [1.807, 2.05) is 0 Å². The van der Waals surface area contributed by atoms with E-state index >= 15 is 0 Å². The molecule has 0 spiro atoms. The third-order valence-electron chi connectivity index (χ3n) is 5.08. The molecule has 25 heavy (non-hydrogen) atoms. The second kappa shape index (κ2) is 5.88. The molecule has 6 heteroatoms. The summed E-state index contributed by atoms with van der Waals surface area (Å²) in [5, 5.41) is 1.20. The number of rotatable bonds is 3. The molecule has 0 atom stereocenters. The van der Waals surface area contributed by atoms with Crippen LogP contribution in [-0.4, -0.2) is 33.6 Å². The highest BCUT2D eigenvalue weighted by Gasteiger charge is 2.31. The van der Waals surface area contributed by atoms with Gasteiger partial charge in [-0.25, -0.2) is 15.0 Å². The van der Waals surface area contributed by atoms with Crippen LogP contribution < -0.4 is 4.90 Å². The van der Waals surface area contributed by atoms with Crippen LogP contribution in [0.3, 0.4) is 0 Å². The third kappa shape index (κ3) is 2.59. The molecule has 3 aromatic heterocycles. The first kappa shape index (κ1) is 16.7. The largest absolute Gasteiger partial charge is 0.370 e. The number of fused-ring (bicyclic) bond motifs is 5. The Bertz CT molecular complexity index is 959. The highest BCUT2D eigenvalue weighted by atomic mass is 32.1. The Morgan fingerprint density at radius 1 is 1.20 bits per heavy atom. The number of ether oxygens (including phenoxy) is 1. The molecule has 0 saturated heterocycles. The van der Waals surface area contributed by atoms with Crippen LogP contribution in [0.15, 0.2) is 6.33 Å². The molecular weight excluding hydrogens is 332 g/mol. The monoisotopic (exact) mass is 356 g/mol. The summed E-state index contributed by atoms with van der Waals surface area (Å²) in [4.78, 5) is 17.5. The van der Waals surface area contributed by atoms with Gasteiger partial charge in [0.2, 0.25) is 0 Å². The van der Waals surface area contributed by atoms with E-state index in [0.717, 1.165) is 46.1 Å². The quantitative estimate of drug-likeness (QED) is 0.702. The molecule has 132 valence electrons. The van der Waals surface area contributed by atoms with Crippen LogP contribution in [0.2, 0.25) is 0 Å². The van der Waals surface area contributed by atoms with E-state index in [1.165, 1.54) is 16.5 Å². The molecule has 3 aromatic rings. The van der Waals surface area contributed by atoms with E-state index in [-0.39, 0.29) is 5.60 Å². The van der Waals surface area contributed by atoms with Crippen molar-refractivity contribution in [3.63, 3.8) is 0 Å². The minimum absolute atomic E-state index is 0.156. The molecule has 0 unspecified atom stereocenters. The smallest absolute Gasteiger partial charge is 0.150 e. The summed E-state index contributed by atoms with van der Waals surface area (Å²) in [5.41, 5.74) is 4.54. The minimum Gasteiger partial charge on any atom is -0.370 e. The first-order valence-corrected chi connectivity index (χ1v) is 9.71. The lowest BCUT2D eigenvalue weighted by Gasteiger charge is -2.32. The number of hydrogen-bond donors (Lipinski definition) is 0. The van der Waals surface area contributed by atoms with Gasteiger partial charge in [0.15, 0.2) is 0 Å². The second-order valence-corrected chi connectivity index (χ2v) is 8.21. The van der Waals surface area contributed by atoms with E-state index in [2.05, 4.69) is 49.5 Å². The van der Waals surface area contributed by atoms with Gasteiger partial charge in [0, 0.05) is 36.2 Å². The molecule has 0 aliphatic carbocycles. The summed E-state index contributed by atoms with van der Waals surface area (Å²) >= 11 is 1.72. The maximum Gasteiger partial charge on any atom is 0.150 e. The lowest BCUT2D eigenvalue weighted by atomic mass is 9.89. The van der Waals surface area contributed by atoms with E-state index < -0.39 is 0 Å². The molecule has 0 bridgehead atoms. The lowest BCUT2D eigenvalue weighted by molar-refractivity contribution is -0.0400. The lowest BCUT2D eigenvalue weighted by Crippen LogP contribution is -2.32. The molecule has 0 fully saturated rings. The summed E-state index contributed by atoms with van der Waals surface area (Å²) in [6.07, 6.45) is 2.58. The van der Waals surface area contributed by atoms with Gasteiger partial charge < -0.3 is 9.64 Å². The molecule has 5 nitrogen and oxygen atoms in total. The van der Waals surface area contributed by atoms with Crippen molar-refractivity contribution in [1.29, 1.82) is 0 Å². The molecule has 0 aromatic carbocycles. The Morgan fingerprint density at radius 2 is 1.96 bits per heavy atom. The normalized spacial score (nSPS) is 16.4. The molecule has 1 aliphatic rings. The van der Waals surface area contributed by atoms with Gasteiger partial charge in [0.05, 0.1) is 22.4 Å². The standard InChI is InChI=1S/C19H24N4OS/c1-6-23(7-2)17-16-15(20-10-21-17)14-12-8-19(4,5)24-9-13(12)11(3)22-18(14)25-16/h10H,6-9H2,1-5H3. The van der Waals surface area contributed by atoms with Gasteiger partial charge in [0.1, 0.15) is 17.0 Å². The highest BCUT2D eigenvalue weighted by molar-refractivity contribution is 7.26. The first-order valence-electron chi connectivity index (χ1n) is 8.89. The SMILES string of the molecule is CCN(CC)c1ncnc2c1sc1nc(C)c3c(c12)CC(C)(C)OC3. The van der Waals surface area contributed by atoms with Crippen molar-refractivity contribution in [2.24, 2.45) is 0 Å². The summed E-state index contributed by atoms with van der Waals surface area (Å²) in [6, 6.07) is 0. The van der Waals surface area contributed by atoms with Gasteiger partial charge in [-0.15, -0.1) is 11.3 Å². The van der Waals surface area contributed by atoms with Crippen LogP contribution in [0, 0.1) is 6.92 Å². The average Bonchev–Trinajstić information content (AvgIpc) is 2.94. The maximum absolute atomic E-state index is 6.03. The Kier molecular flexibility index (Phi) is 3.92. The number of thiophene rings is 1. The molecule has 4 rings (SSSR count). The van der Waals surface area contributed by atoms with Crippen LogP contribution in [0.4, 0.5) is 5.82 Å².